The molecule has 2 N–H and O–H groups in total. The van der Waals surface area contributed by atoms with Gasteiger partial charge in [0.05, 0.1) is 12.8 Å². The molecule has 0 saturated heterocycles. The van der Waals surface area contributed by atoms with Gasteiger partial charge < -0.3 is 15.2 Å². The van der Waals surface area contributed by atoms with Crippen LogP contribution in [0.3, 0.4) is 0 Å². The van der Waals surface area contributed by atoms with Gasteiger partial charge in [-0.25, -0.2) is 4.79 Å². The van der Waals surface area contributed by atoms with Crippen LogP contribution in [0.4, 0.5) is 16.2 Å². The number of phenolic OH excluding ortho intramolecular Hbond substituents is 1. The molecule has 0 atom stereocenters. The number of nitrogens with one attached hydrogen (secondary N) is 1. The number of carbonyl (C=O) groups is 1. The van der Waals surface area contributed by atoms with Crippen LogP contribution in [0.15, 0.2) is 42.5 Å². The second-order valence-corrected chi connectivity index (χ2v) is 4.79. The summed E-state index contributed by atoms with van der Waals surface area (Å²) in [5.41, 5.74) is 1.13. The molecule has 0 fully saturated rings. The van der Waals surface area contributed by atoms with Crippen molar-refractivity contribution < 1.29 is 14.6 Å². The van der Waals surface area contributed by atoms with Crippen molar-refractivity contribution in [1.82, 2.24) is 0 Å². The van der Waals surface area contributed by atoms with Gasteiger partial charge in [0.2, 0.25) is 0 Å². The summed E-state index contributed by atoms with van der Waals surface area (Å²) in [5.74, 6) is 0.663. The molecule has 0 radical (unpaired) electrons. The lowest BCUT2D eigenvalue weighted by Crippen LogP contribution is -2.31. The van der Waals surface area contributed by atoms with E-state index in [1.807, 2.05) is 0 Å². The normalized spacial score (nSPS) is 10.0. The number of methoxy groups -OCH3 is 1. The van der Waals surface area contributed by atoms with Crippen molar-refractivity contribution in [2.24, 2.45) is 0 Å². The highest BCUT2D eigenvalue weighted by molar-refractivity contribution is 6.31. The van der Waals surface area contributed by atoms with Gasteiger partial charge in [0, 0.05) is 17.8 Å². The monoisotopic (exact) mass is 306 g/mol. The van der Waals surface area contributed by atoms with E-state index in [2.05, 4.69) is 5.32 Å². The van der Waals surface area contributed by atoms with E-state index in [-0.39, 0.29) is 11.8 Å². The molecule has 21 heavy (non-hydrogen) atoms. The van der Waals surface area contributed by atoms with Gasteiger partial charge in [0.15, 0.2) is 0 Å². The van der Waals surface area contributed by atoms with E-state index in [9.17, 15) is 9.90 Å². The van der Waals surface area contributed by atoms with Gasteiger partial charge in [0.25, 0.3) is 0 Å². The minimum atomic E-state index is -0.346. The van der Waals surface area contributed by atoms with Crippen molar-refractivity contribution >= 4 is 29.0 Å². The molecule has 0 unspecified atom stereocenters. The number of hydrogen-bond donors (Lipinski definition) is 2. The number of phenols is 1. The van der Waals surface area contributed by atoms with Crippen LogP contribution < -0.4 is 15.0 Å². The largest absolute Gasteiger partial charge is 0.508 e. The molecule has 0 spiro atoms. The highest BCUT2D eigenvalue weighted by Gasteiger charge is 2.13. The average molecular weight is 307 g/mol. The Morgan fingerprint density at radius 1 is 1.24 bits per heavy atom. The van der Waals surface area contributed by atoms with Gasteiger partial charge in [0.1, 0.15) is 11.5 Å². The predicted octanol–water partition coefficient (Wildman–Crippen LogP) is 3.72. The zero-order chi connectivity index (χ0) is 15.4. The summed E-state index contributed by atoms with van der Waals surface area (Å²) in [6, 6.07) is 10.9. The zero-order valence-electron chi connectivity index (χ0n) is 11.6. The fourth-order valence-electron chi connectivity index (χ4n) is 1.77. The Hall–Kier alpha value is -2.40. The number of urea groups is 1. The summed E-state index contributed by atoms with van der Waals surface area (Å²) in [6.07, 6.45) is 0. The van der Waals surface area contributed by atoms with Crippen LogP contribution in [-0.2, 0) is 0 Å². The van der Waals surface area contributed by atoms with Gasteiger partial charge in [-0.1, -0.05) is 11.6 Å². The first-order valence-corrected chi connectivity index (χ1v) is 6.56. The Bertz CT molecular complexity index is 644. The molecular formula is C15H15ClN2O3. The van der Waals surface area contributed by atoms with Crippen molar-refractivity contribution in [2.45, 2.75) is 0 Å². The minimum absolute atomic E-state index is 0.143. The number of anilines is 2. The van der Waals surface area contributed by atoms with Crippen LogP contribution in [0.5, 0.6) is 11.5 Å². The second kappa shape index (κ2) is 6.37. The molecule has 0 heterocycles. The molecule has 2 aromatic rings. The van der Waals surface area contributed by atoms with Crippen molar-refractivity contribution in [3.63, 3.8) is 0 Å². The third kappa shape index (κ3) is 3.58. The topological polar surface area (TPSA) is 61.8 Å². The predicted molar refractivity (Wildman–Crippen MR) is 83.5 cm³/mol. The maximum Gasteiger partial charge on any atom is 0.326 e. The highest BCUT2D eigenvalue weighted by Crippen LogP contribution is 2.28. The van der Waals surface area contributed by atoms with Crippen molar-refractivity contribution in [3.8, 4) is 11.5 Å². The number of halogens is 1. The summed E-state index contributed by atoms with van der Waals surface area (Å²) in [5, 5.41) is 12.5. The van der Waals surface area contributed by atoms with Gasteiger partial charge >= 0.3 is 6.03 Å². The quantitative estimate of drug-likeness (QED) is 0.908. The van der Waals surface area contributed by atoms with Crippen molar-refractivity contribution in [3.05, 3.63) is 47.5 Å². The first-order chi connectivity index (χ1) is 10.0. The summed E-state index contributed by atoms with van der Waals surface area (Å²) in [7, 11) is 3.14. The van der Waals surface area contributed by atoms with E-state index >= 15 is 0 Å². The highest BCUT2D eigenvalue weighted by atomic mass is 35.5. The van der Waals surface area contributed by atoms with E-state index in [0.717, 1.165) is 0 Å². The number of aromatic hydroxyl groups is 1. The summed E-state index contributed by atoms with van der Waals surface area (Å²) in [6.45, 7) is 0. The molecule has 2 amide bonds. The first-order valence-electron chi connectivity index (χ1n) is 6.18. The summed E-state index contributed by atoms with van der Waals surface area (Å²) in [4.78, 5) is 13.6. The van der Waals surface area contributed by atoms with Gasteiger partial charge in [-0.3, -0.25) is 4.90 Å². The van der Waals surface area contributed by atoms with Crippen molar-refractivity contribution in [2.75, 3.05) is 24.4 Å². The standard InChI is InChI=1S/C15H15ClN2O3/c1-18(11-4-6-12(19)7-5-11)15(20)17-13-9-10(16)3-8-14(13)21-2/h3-9,19H,1-2H3,(H,17,20). The first kappa shape index (κ1) is 15.0. The van der Waals surface area contributed by atoms with Crippen molar-refractivity contribution in [1.29, 1.82) is 0 Å². The minimum Gasteiger partial charge on any atom is -0.508 e. The smallest absolute Gasteiger partial charge is 0.326 e. The molecule has 0 aliphatic heterocycles. The summed E-state index contributed by atoms with van der Waals surface area (Å²) < 4.78 is 5.18. The molecule has 2 rings (SSSR count). The molecule has 2 aromatic carbocycles. The van der Waals surface area contributed by atoms with Crippen LogP contribution in [0.25, 0.3) is 0 Å². The molecular weight excluding hydrogens is 292 g/mol. The number of nitrogens with zero attached hydrogens (tertiary/aromatic N) is 1. The van der Waals surface area contributed by atoms with E-state index in [1.165, 1.54) is 24.1 Å². The number of amides is 2. The third-order valence-corrected chi connectivity index (χ3v) is 3.18. The lowest BCUT2D eigenvalue weighted by molar-refractivity contribution is 0.258. The Morgan fingerprint density at radius 2 is 1.90 bits per heavy atom. The van der Waals surface area contributed by atoms with Gasteiger partial charge in [-0.15, -0.1) is 0 Å². The summed E-state index contributed by atoms with van der Waals surface area (Å²) >= 11 is 5.92. The van der Waals surface area contributed by atoms with Crippen LogP contribution in [-0.4, -0.2) is 25.3 Å². The van der Waals surface area contributed by atoms with Crippen LogP contribution in [0, 0.1) is 0 Å². The van der Waals surface area contributed by atoms with E-state index in [0.29, 0.717) is 22.1 Å². The van der Waals surface area contributed by atoms with E-state index in [1.54, 1.807) is 37.4 Å². The fourth-order valence-corrected chi connectivity index (χ4v) is 1.94. The Balaban J connectivity index is 2.17. The third-order valence-electron chi connectivity index (χ3n) is 2.94. The maximum atomic E-state index is 12.2. The Labute approximate surface area is 127 Å². The number of hydrogen-bond acceptors (Lipinski definition) is 3. The Morgan fingerprint density at radius 3 is 2.52 bits per heavy atom. The molecule has 0 saturated carbocycles. The van der Waals surface area contributed by atoms with E-state index in [4.69, 9.17) is 16.3 Å². The molecule has 0 aliphatic rings. The Kier molecular flexibility index (Phi) is 4.55. The second-order valence-electron chi connectivity index (χ2n) is 4.35. The van der Waals surface area contributed by atoms with Gasteiger partial charge in [-0.05, 0) is 42.5 Å². The van der Waals surface area contributed by atoms with Gasteiger partial charge in [-0.2, -0.15) is 0 Å². The van der Waals surface area contributed by atoms with Crippen LogP contribution in [0.1, 0.15) is 0 Å². The number of ether oxygens (including phenoxy) is 1. The molecule has 5 nitrogen and oxygen atoms in total. The number of benzene rings is 2. The SMILES string of the molecule is COc1ccc(Cl)cc1NC(=O)N(C)c1ccc(O)cc1. The molecule has 0 aliphatic carbocycles. The van der Waals surface area contributed by atoms with Crippen LogP contribution in [0.2, 0.25) is 5.02 Å². The van der Waals surface area contributed by atoms with E-state index < -0.39 is 0 Å². The zero-order valence-corrected chi connectivity index (χ0v) is 12.4. The molecule has 0 bridgehead atoms. The number of carbonyl (C=O) groups excluding carboxylic acids is 1. The molecule has 110 valence electrons. The number of rotatable bonds is 3. The fraction of sp³-hybridized carbons (Fsp3) is 0.133. The molecule has 0 aromatic heterocycles. The lowest BCUT2D eigenvalue weighted by atomic mass is 10.2. The lowest BCUT2D eigenvalue weighted by Gasteiger charge is -2.19. The molecule has 6 heteroatoms. The average Bonchev–Trinajstić information content (AvgIpc) is 2.47. The maximum absolute atomic E-state index is 12.2. The van der Waals surface area contributed by atoms with Crippen LogP contribution >= 0.6 is 11.6 Å².